The molecule has 2 N–H and O–H groups in total. The number of rotatable bonds is 8. The lowest BCUT2D eigenvalue weighted by atomic mass is 10.1. The molecule has 136 valence electrons. The minimum absolute atomic E-state index is 0.129. The third-order valence-corrected chi connectivity index (χ3v) is 2.16. The van der Waals surface area contributed by atoms with Gasteiger partial charge in [0.2, 0.25) is 0 Å². The lowest BCUT2D eigenvalue weighted by molar-refractivity contribution is -0.146. The summed E-state index contributed by atoms with van der Waals surface area (Å²) in [7, 11) is 1.39. The summed E-state index contributed by atoms with van der Waals surface area (Å²) in [6.45, 7) is 11.1. The predicted octanol–water partition coefficient (Wildman–Crippen LogP) is 4.48. The summed E-state index contributed by atoms with van der Waals surface area (Å²) in [5, 5.41) is 11.3. The van der Waals surface area contributed by atoms with Crippen LogP contribution in [0.25, 0.3) is 0 Å². The summed E-state index contributed by atoms with van der Waals surface area (Å²) in [4.78, 5) is 10.8. The number of hydrogen-bond donors (Lipinski definition) is 2. The highest BCUT2D eigenvalue weighted by molar-refractivity contribution is 6.07. The first-order valence-electron chi connectivity index (χ1n) is 6.83. The van der Waals surface area contributed by atoms with Crippen LogP contribution >= 0.6 is 11.9 Å². The monoisotopic (exact) mass is 359 g/mol. The van der Waals surface area contributed by atoms with Gasteiger partial charge in [-0.05, 0) is 12.0 Å². The van der Waals surface area contributed by atoms with Gasteiger partial charge in [-0.25, -0.2) is 0 Å². The zero-order valence-electron chi connectivity index (χ0n) is 13.6. The zero-order valence-corrected chi connectivity index (χ0v) is 14.4. The van der Waals surface area contributed by atoms with E-state index in [4.69, 9.17) is 5.11 Å². The molecule has 0 radical (unpaired) electrons. The van der Waals surface area contributed by atoms with Gasteiger partial charge in [-0.15, -0.1) is 0 Å². The third-order valence-electron chi connectivity index (χ3n) is 2.16. The molecular formula is C15H25ClF3NO3. The van der Waals surface area contributed by atoms with Gasteiger partial charge in [0.05, 0.1) is 19.0 Å². The van der Waals surface area contributed by atoms with E-state index < -0.39 is 31.0 Å². The van der Waals surface area contributed by atoms with Crippen LogP contribution in [0.2, 0.25) is 0 Å². The van der Waals surface area contributed by atoms with Gasteiger partial charge in [-0.2, -0.15) is 13.2 Å². The van der Waals surface area contributed by atoms with E-state index in [1.165, 1.54) is 19.3 Å². The van der Waals surface area contributed by atoms with Crippen LogP contribution < -0.4 is 5.32 Å². The van der Waals surface area contributed by atoms with Crippen molar-refractivity contribution in [2.24, 2.45) is 0 Å². The molecule has 8 heteroatoms. The molecule has 0 aliphatic rings. The first-order chi connectivity index (χ1) is 10.7. The Morgan fingerprint density at radius 1 is 1.39 bits per heavy atom. The fourth-order valence-corrected chi connectivity index (χ4v) is 1.21. The number of carbonyl (C=O) groups is 1. The highest BCUT2D eigenvalue weighted by atomic mass is 35.5. The largest absolute Gasteiger partial charge is 0.480 e. The number of nitrogens with one attached hydrogen (secondary N) is 1. The zero-order chi connectivity index (χ0) is 18.9. The standard InChI is InChI=1S/C12H16F3NO2.C2H6.CH3ClO/c1-3-5-9(4-2)8-16-10(11(17)18)6-7-12(13,14)15;1-2;1-3-2/h3-5,10,16H,1-2,6-8H2,(H,17,18);1-2H3;1H3/b9-5+;;. The van der Waals surface area contributed by atoms with E-state index in [2.05, 4.69) is 34.6 Å². The second-order valence-corrected chi connectivity index (χ2v) is 4.07. The molecule has 0 aromatic rings. The molecule has 0 saturated carbocycles. The number of alkyl halides is 3. The second kappa shape index (κ2) is 17.1. The number of carboxylic acid groups (broad SMARTS) is 1. The lowest BCUT2D eigenvalue weighted by Gasteiger charge is -2.15. The van der Waals surface area contributed by atoms with Crippen molar-refractivity contribution in [3.63, 3.8) is 0 Å². The van der Waals surface area contributed by atoms with Gasteiger partial charge < -0.3 is 10.4 Å². The molecule has 0 bridgehead atoms. The Kier molecular flexibility index (Phi) is 19.7. The molecule has 1 atom stereocenters. The molecule has 0 rings (SSSR count). The fourth-order valence-electron chi connectivity index (χ4n) is 1.21. The van der Waals surface area contributed by atoms with Crippen LogP contribution in [0.1, 0.15) is 26.7 Å². The molecule has 1 unspecified atom stereocenters. The number of allylic oxidation sites excluding steroid dienone is 2. The normalized spacial score (nSPS) is 12.0. The molecule has 0 heterocycles. The van der Waals surface area contributed by atoms with Crippen LogP contribution in [0.15, 0.2) is 37.0 Å². The van der Waals surface area contributed by atoms with Gasteiger partial charge in [-0.1, -0.05) is 45.2 Å². The number of halogens is 4. The summed E-state index contributed by atoms with van der Waals surface area (Å²) in [5.74, 6) is -1.30. The van der Waals surface area contributed by atoms with Crippen LogP contribution in [0, 0.1) is 0 Å². The maximum Gasteiger partial charge on any atom is 0.389 e. The van der Waals surface area contributed by atoms with Crippen LogP contribution in [0.4, 0.5) is 13.2 Å². The van der Waals surface area contributed by atoms with E-state index in [0.717, 1.165) is 0 Å². The molecule has 0 aromatic carbocycles. The minimum Gasteiger partial charge on any atom is -0.480 e. The van der Waals surface area contributed by atoms with E-state index in [1.807, 2.05) is 13.8 Å². The Morgan fingerprint density at radius 2 is 1.87 bits per heavy atom. The van der Waals surface area contributed by atoms with Crippen LogP contribution in [0.5, 0.6) is 0 Å². The number of aliphatic carboxylic acids is 1. The van der Waals surface area contributed by atoms with Crippen LogP contribution in [-0.4, -0.2) is 36.9 Å². The smallest absolute Gasteiger partial charge is 0.389 e. The van der Waals surface area contributed by atoms with Crippen molar-refractivity contribution in [1.82, 2.24) is 5.32 Å². The van der Waals surface area contributed by atoms with Crippen LogP contribution in [0.3, 0.4) is 0 Å². The van der Waals surface area contributed by atoms with E-state index in [0.29, 0.717) is 5.57 Å². The minimum atomic E-state index is -4.35. The maximum absolute atomic E-state index is 12.0. The molecule has 0 saturated heterocycles. The van der Waals surface area contributed by atoms with Crippen molar-refractivity contribution < 1.29 is 27.4 Å². The Hall–Kier alpha value is -1.31. The summed E-state index contributed by atoms with van der Waals surface area (Å²) in [6, 6.07) is -1.24. The van der Waals surface area contributed by atoms with Gasteiger partial charge in [0.25, 0.3) is 0 Å². The topological polar surface area (TPSA) is 58.6 Å². The average molecular weight is 360 g/mol. The molecule has 0 aliphatic carbocycles. The van der Waals surface area contributed by atoms with E-state index in [-0.39, 0.29) is 6.54 Å². The van der Waals surface area contributed by atoms with E-state index >= 15 is 0 Å². The lowest BCUT2D eigenvalue weighted by Crippen LogP contribution is -2.38. The van der Waals surface area contributed by atoms with Gasteiger partial charge in [0.15, 0.2) is 0 Å². The molecule has 0 fully saturated rings. The summed E-state index contributed by atoms with van der Waals surface area (Å²) < 4.78 is 39.7. The molecule has 0 aliphatic heterocycles. The van der Waals surface area contributed by atoms with Crippen molar-refractivity contribution in [3.05, 3.63) is 37.0 Å². The van der Waals surface area contributed by atoms with Gasteiger partial charge in [0.1, 0.15) is 6.04 Å². The highest BCUT2D eigenvalue weighted by Gasteiger charge is 2.30. The quantitative estimate of drug-likeness (QED) is 0.627. The Labute approximate surface area is 140 Å². The molecule has 0 aromatic heterocycles. The van der Waals surface area contributed by atoms with E-state index in [9.17, 15) is 18.0 Å². The van der Waals surface area contributed by atoms with Crippen molar-refractivity contribution >= 4 is 17.8 Å². The highest BCUT2D eigenvalue weighted by Crippen LogP contribution is 2.22. The first kappa shape index (κ1) is 26.6. The molecular weight excluding hydrogens is 335 g/mol. The predicted molar refractivity (Wildman–Crippen MR) is 87.4 cm³/mol. The molecule has 0 amide bonds. The van der Waals surface area contributed by atoms with Crippen molar-refractivity contribution in [2.75, 3.05) is 13.7 Å². The van der Waals surface area contributed by atoms with Gasteiger partial charge in [-0.3, -0.25) is 9.08 Å². The summed E-state index contributed by atoms with van der Waals surface area (Å²) in [5.41, 5.74) is 0.656. The Morgan fingerprint density at radius 3 is 2.17 bits per heavy atom. The fraction of sp³-hybridized carbons (Fsp3) is 0.533. The SMILES string of the molecule is C=C/C=C(\C=C)CNC(CCC(F)(F)F)C(=O)O.CC.COCl. The Bertz CT molecular complexity index is 358. The second-order valence-electron chi connectivity index (χ2n) is 3.76. The molecule has 4 nitrogen and oxygen atoms in total. The molecule has 0 spiro atoms. The molecule has 23 heavy (non-hydrogen) atoms. The van der Waals surface area contributed by atoms with Gasteiger partial charge >= 0.3 is 12.1 Å². The summed E-state index contributed by atoms with van der Waals surface area (Å²) in [6.07, 6.45) is -1.42. The van der Waals surface area contributed by atoms with Crippen molar-refractivity contribution in [1.29, 1.82) is 0 Å². The van der Waals surface area contributed by atoms with Crippen molar-refractivity contribution in [3.8, 4) is 0 Å². The van der Waals surface area contributed by atoms with Crippen molar-refractivity contribution in [2.45, 2.75) is 38.9 Å². The van der Waals surface area contributed by atoms with Crippen LogP contribution in [-0.2, 0) is 9.08 Å². The maximum atomic E-state index is 12.0. The van der Waals surface area contributed by atoms with E-state index in [1.54, 1.807) is 6.08 Å². The number of carboxylic acids is 1. The number of hydrogen-bond acceptors (Lipinski definition) is 3. The first-order valence-corrected chi connectivity index (χ1v) is 7.14. The Balaban J connectivity index is -0.000000710. The average Bonchev–Trinajstić information content (AvgIpc) is 2.47. The summed E-state index contributed by atoms with van der Waals surface area (Å²) >= 11 is 4.50. The van der Waals surface area contributed by atoms with Gasteiger partial charge in [0, 0.05) is 13.0 Å². The third kappa shape index (κ3) is 20.7.